The lowest BCUT2D eigenvalue weighted by Gasteiger charge is -2.17. The quantitative estimate of drug-likeness (QED) is 0.531. The number of anilines is 1. The highest BCUT2D eigenvalue weighted by atomic mass is 16.5. The molecule has 0 aromatic heterocycles. The van der Waals surface area contributed by atoms with E-state index in [4.69, 9.17) is 15.2 Å². The zero-order valence-corrected chi connectivity index (χ0v) is 13.7. The molecule has 0 spiro atoms. The lowest BCUT2D eigenvalue weighted by Crippen LogP contribution is -2.14. The summed E-state index contributed by atoms with van der Waals surface area (Å²) < 4.78 is 11.5. The van der Waals surface area contributed by atoms with Gasteiger partial charge >= 0.3 is 5.97 Å². The molecule has 2 aliphatic heterocycles. The number of carbonyl (C=O) groups excluding carboxylic acids is 1. The summed E-state index contributed by atoms with van der Waals surface area (Å²) in [5, 5.41) is 0. The van der Waals surface area contributed by atoms with Crippen LogP contribution >= 0.6 is 0 Å². The van der Waals surface area contributed by atoms with Crippen molar-refractivity contribution in [2.24, 2.45) is 0 Å². The predicted octanol–water partition coefficient (Wildman–Crippen LogP) is 3.80. The van der Waals surface area contributed by atoms with Crippen molar-refractivity contribution in [3.05, 3.63) is 75.9 Å². The number of carbonyl (C=O) groups is 1. The maximum Gasteiger partial charge on any atom is 0.340 e. The molecule has 0 fully saturated rings. The van der Waals surface area contributed by atoms with Gasteiger partial charge in [0.05, 0.1) is 5.56 Å². The van der Waals surface area contributed by atoms with Gasteiger partial charge in [0, 0.05) is 5.69 Å². The lowest BCUT2D eigenvalue weighted by atomic mass is 9.89. The van der Waals surface area contributed by atoms with Crippen molar-refractivity contribution in [1.29, 1.82) is 0 Å². The van der Waals surface area contributed by atoms with Crippen LogP contribution in [0.1, 0.15) is 44.8 Å². The molecule has 2 aromatic rings. The summed E-state index contributed by atoms with van der Waals surface area (Å²) in [5.74, 6) is -0.398. The van der Waals surface area contributed by atoms with E-state index in [1.54, 1.807) is 6.07 Å². The van der Waals surface area contributed by atoms with Crippen LogP contribution in [-0.4, -0.2) is 12.6 Å². The summed E-state index contributed by atoms with van der Waals surface area (Å²) in [7, 11) is 0. The maximum atomic E-state index is 12.3. The number of hydrogen-bond donors (Lipinski definition) is 1. The first-order chi connectivity index (χ1) is 11.6. The predicted molar refractivity (Wildman–Crippen MR) is 91.7 cm³/mol. The van der Waals surface area contributed by atoms with E-state index in [9.17, 15) is 4.79 Å². The van der Waals surface area contributed by atoms with Crippen molar-refractivity contribution in [2.75, 3.05) is 12.3 Å². The van der Waals surface area contributed by atoms with Gasteiger partial charge in [0.25, 0.3) is 0 Å². The molecule has 2 atom stereocenters. The van der Waals surface area contributed by atoms with Crippen LogP contribution in [0.4, 0.5) is 5.69 Å². The SMILES string of the molecule is Cc1cccc(C(=O)OCC2=CC3OC2c2c(C)cccc23)c1N. The Kier molecular flexibility index (Phi) is 3.43. The number of fused-ring (bicyclic) bond motifs is 5. The number of aryl methyl sites for hydroxylation is 2. The average Bonchev–Trinajstić information content (AvgIpc) is 3.14. The third-order valence-electron chi connectivity index (χ3n) is 4.83. The Morgan fingerprint density at radius 2 is 1.92 bits per heavy atom. The minimum Gasteiger partial charge on any atom is -0.457 e. The van der Waals surface area contributed by atoms with Gasteiger partial charge in [-0.25, -0.2) is 4.79 Å². The Morgan fingerprint density at radius 1 is 1.17 bits per heavy atom. The van der Waals surface area contributed by atoms with Crippen LogP contribution in [-0.2, 0) is 9.47 Å². The first-order valence-corrected chi connectivity index (χ1v) is 8.04. The number of para-hydroxylation sites is 1. The molecule has 4 heteroatoms. The van der Waals surface area contributed by atoms with E-state index in [1.807, 2.05) is 25.1 Å². The fourth-order valence-corrected chi connectivity index (χ4v) is 3.49. The number of hydrogen-bond acceptors (Lipinski definition) is 4. The van der Waals surface area contributed by atoms with Crippen LogP contribution in [0.5, 0.6) is 0 Å². The Morgan fingerprint density at radius 3 is 2.75 bits per heavy atom. The summed E-state index contributed by atoms with van der Waals surface area (Å²) >= 11 is 0. The third-order valence-corrected chi connectivity index (χ3v) is 4.83. The van der Waals surface area contributed by atoms with Gasteiger partial charge in [-0.15, -0.1) is 0 Å². The molecule has 2 aliphatic rings. The minimum absolute atomic E-state index is 0.0253. The second-order valence-corrected chi connectivity index (χ2v) is 6.37. The van der Waals surface area contributed by atoms with Gasteiger partial charge < -0.3 is 15.2 Å². The Bertz CT molecular complexity index is 869. The van der Waals surface area contributed by atoms with E-state index < -0.39 is 5.97 Å². The number of nitrogen functional groups attached to an aromatic ring is 1. The van der Waals surface area contributed by atoms with Gasteiger partial charge in [0.15, 0.2) is 0 Å². The van der Waals surface area contributed by atoms with Crippen LogP contribution < -0.4 is 5.73 Å². The summed E-state index contributed by atoms with van der Waals surface area (Å²) in [6, 6.07) is 11.6. The normalized spacial score (nSPS) is 20.7. The number of ether oxygens (including phenoxy) is 2. The number of esters is 1. The van der Waals surface area contributed by atoms with Gasteiger partial charge in [-0.2, -0.15) is 0 Å². The molecule has 122 valence electrons. The second-order valence-electron chi connectivity index (χ2n) is 6.37. The Labute approximate surface area is 140 Å². The van der Waals surface area contributed by atoms with Crippen molar-refractivity contribution in [2.45, 2.75) is 26.1 Å². The van der Waals surface area contributed by atoms with Crippen molar-refractivity contribution < 1.29 is 14.3 Å². The highest BCUT2D eigenvalue weighted by molar-refractivity contribution is 5.95. The van der Waals surface area contributed by atoms with E-state index in [1.165, 1.54) is 16.7 Å². The van der Waals surface area contributed by atoms with Crippen LogP contribution in [0.2, 0.25) is 0 Å². The monoisotopic (exact) mass is 321 g/mol. The molecule has 4 nitrogen and oxygen atoms in total. The fraction of sp³-hybridized carbons (Fsp3) is 0.250. The highest BCUT2D eigenvalue weighted by Gasteiger charge is 2.40. The smallest absolute Gasteiger partial charge is 0.340 e. The molecule has 2 aromatic carbocycles. The van der Waals surface area contributed by atoms with Gasteiger partial charge in [-0.1, -0.05) is 30.3 Å². The Balaban J connectivity index is 1.50. The zero-order valence-electron chi connectivity index (χ0n) is 13.7. The average molecular weight is 321 g/mol. The number of rotatable bonds is 3. The molecule has 2 unspecified atom stereocenters. The third kappa shape index (κ3) is 2.22. The maximum absolute atomic E-state index is 12.3. The van der Waals surface area contributed by atoms with Crippen molar-refractivity contribution >= 4 is 11.7 Å². The number of nitrogens with two attached hydrogens (primary N) is 1. The van der Waals surface area contributed by atoms with Gasteiger partial charge in [-0.3, -0.25) is 0 Å². The highest BCUT2D eigenvalue weighted by Crippen LogP contribution is 2.50. The largest absolute Gasteiger partial charge is 0.457 e. The molecule has 0 saturated heterocycles. The molecule has 0 radical (unpaired) electrons. The van der Waals surface area contributed by atoms with Crippen LogP contribution in [0.3, 0.4) is 0 Å². The van der Waals surface area contributed by atoms with Gasteiger partial charge in [-0.05, 0) is 53.8 Å². The lowest BCUT2D eigenvalue weighted by molar-refractivity contribution is 0.0483. The molecule has 0 aliphatic carbocycles. The Hall–Kier alpha value is -2.59. The van der Waals surface area contributed by atoms with Crippen molar-refractivity contribution in [3.63, 3.8) is 0 Å². The minimum atomic E-state index is -0.398. The second kappa shape index (κ2) is 5.49. The molecule has 4 rings (SSSR count). The van der Waals surface area contributed by atoms with Gasteiger partial charge in [0.2, 0.25) is 0 Å². The molecular weight excluding hydrogens is 302 g/mol. The van der Waals surface area contributed by atoms with Crippen LogP contribution in [0, 0.1) is 13.8 Å². The molecular formula is C20H19NO3. The number of benzene rings is 2. The van der Waals surface area contributed by atoms with E-state index in [-0.39, 0.29) is 18.8 Å². The molecule has 24 heavy (non-hydrogen) atoms. The summed E-state index contributed by atoms with van der Waals surface area (Å²) in [6.07, 6.45) is 1.93. The topological polar surface area (TPSA) is 61.5 Å². The summed E-state index contributed by atoms with van der Waals surface area (Å²) in [5.41, 5.74) is 12.4. The van der Waals surface area contributed by atoms with Crippen LogP contribution in [0.25, 0.3) is 0 Å². The zero-order chi connectivity index (χ0) is 16.8. The fourth-order valence-electron chi connectivity index (χ4n) is 3.49. The van der Waals surface area contributed by atoms with E-state index >= 15 is 0 Å². The van der Waals surface area contributed by atoms with Gasteiger partial charge in [0.1, 0.15) is 18.8 Å². The molecule has 0 saturated carbocycles. The van der Waals surface area contributed by atoms with E-state index in [0.29, 0.717) is 11.3 Å². The molecule has 2 bridgehead atoms. The van der Waals surface area contributed by atoms with E-state index in [0.717, 1.165) is 11.1 Å². The molecule has 2 heterocycles. The summed E-state index contributed by atoms with van der Waals surface area (Å²) in [6.45, 7) is 4.18. The van der Waals surface area contributed by atoms with E-state index in [2.05, 4.69) is 25.1 Å². The van der Waals surface area contributed by atoms with Crippen molar-refractivity contribution in [1.82, 2.24) is 0 Å². The first-order valence-electron chi connectivity index (χ1n) is 8.04. The standard InChI is InChI=1S/C20H19NO3/c1-11-5-3-7-14-16-9-13(19(24-16)17(11)14)10-23-20(22)15-8-4-6-12(2)18(15)21/h3-9,16,19H,10,21H2,1-2H3. The summed E-state index contributed by atoms with van der Waals surface area (Å²) in [4.78, 5) is 12.3. The first kappa shape index (κ1) is 15.0. The van der Waals surface area contributed by atoms with Crippen LogP contribution in [0.15, 0.2) is 48.0 Å². The molecule has 0 amide bonds. The molecule has 2 N–H and O–H groups in total. The van der Waals surface area contributed by atoms with Crippen molar-refractivity contribution in [3.8, 4) is 0 Å².